The number of carbonyl (C=O) groups is 1. The fourth-order valence-corrected chi connectivity index (χ4v) is 6.97. The van der Waals surface area contributed by atoms with E-state index in [-0.39, 0.29) is 5.91 Å². The first-order chi connectivity index (χ1) is 20.6. The van der Waals surface area contributed by atoms with Crippen LogP contribution in [0, 0.1) is 0 Å². The fourth-order valence-electron chi connectivity index (χ4n) is 4.97. The zero-order chi connectivity index (χ0) is 28.9. The van der Waals surface area contributed by atoms with Crippen LogP contribution in [0.4, 0.5) is 5.69 Å². The Bertz CT molecular complexity index is 1670. The minimum atomic E-state index is -0.0383. The van der Waals surface area contributed by atoms with Gasteiger partial charge in [-0.05, 0) is 29.8 Å². The Labute approximate surface area is 257 Å². The van der Waals surface area contributed by atoms with Gasteiger partial charge in [-0.15, -0.1) is 21.5 Å². The molecule has 0 spiro atoms. The third-order valence-electron chi connectivity index (χ3n) is 7.09. The number of amides is 1. The number of para-hydroxylation sites is 3. The molecule has 8 nitrogen and oxygen atoms in total. The summed E-state index contributed by atoms with van der Waals surface area (Å²) in [5.74, 6) is 2.09. The number of thioether (sulfide) groups is 1. The number of methoxy groups -OCH3 is 1. The molecule has 2 aromatic heterocycles. The van der Waals surface area contributed by atoms with Crippen molar-refractivity contribution in [3.05, 3.63) is 111 Å². The van der Waals surface area contributed by atoms with Crippen LogP contribution in [0.5, 0.6) is 5.75 Å². The Hall–Kier alpha value is -3.86. The lowest BCUT2D eigenvalue weighted by Gasteiger charge is -2.36. The maximum absolute atomic E-state index is 13.3. The molecule has 0 bridgehead atoms. The molecule has 6 rings (SSSR count). The molecular formula is C31H29ClN6O2S2. The first kappa shape index (κ1) is 28.3. The molecule has 3 aromatic carbocycles. The highest BCUT2D eigenvalue weighted by Gasteiger charge is 2.25. The number of aromatic nitrogens is 4. The molecule has 1 saturated heterocycles. The number of thiazole rings is 1. The third kappa shape index (κ3) is 6.16. The molecule has 3 heterocycles. The molecule has 1 amide bonds. The quantitative estimate of drug-likeness (QED) is 0.182. The number of halogens is 1. The minimum absolute atomic E-state index is 0.0383. The standard InChI is InChI=1S/C31H29ClN6O2S2/c1-40-27-14-8-7-13-26(27)38-28(19-22-9-3-2-4-10-22)34-35-31(38)42-21-29-33-24(20-41-29)30(39)37-17-15-36(16-18-37)25-12-6-5-11-23(25)32/h2-14,20H,15-19,21H2,1H3. The molecule has 0 radical (unpaired) electrons. The molecule has 42 heavy (non-hydrogen) atoms. The van der Waals surface area contributed by atoms with Gasteiger partial charge < -0.3 is 14.5 Å². The van der Waals surface area contributed by atoms with Crippen LogP contribution in [-0.4, -0.2) is 63.8 Å². The van der Waals surface area contributed by atoms with Crippen LogP contribution in [0.25, 0.3) is 5.69 Å². The van der Waals surface area contributed by atoms with Gasteiger partial charge in [0.1, 0.15) is 22.3 Å². The zero-order valence-corrected chi connectivity index (χ0v) is 25.4. The fraction of sp³-hybridized carbons (Fsp3) is 0.226. The van der Waals surface area contributed by atoms with E-state index in [9.17, 15) is 4.79 Å². The summed E-state index contributed by atoms with van der Waals surface area (Å²) in [5, 5.41) is 13.3. The normalized spacial score (nSPS) is 13.4. The Morgan fingerprint density at radius 2 is 1.64 bits per heavy atom. The lowest BCUT2D eigenvalue weighted by molar-refractivity contribution is 0.0741. The SMILES string of the molecule is COc1ccccc1-n1c(Cc2ccccc2)nnc1SCc1nc(C(=O)N2CCN(c3ccccc3Cl)CC2)cs1. The number of anilines is 1. The maximum atomic E-state index is 13.3. The van der Waals surface area contributed by atoms with Gasteiger partial charge in [-0.1, -0.05) is 78.0 Å². The van der Waals surface area contributed by atoms with Gasteiger partial charge in [0.15, 0.2) is 5.16 Å². The Morgan fingerprint density at radius 3 is 2.40 bits per heavy atom. The van der Waals surface area contributed by atoms with E-state index in [4.69, 9.17) is 21.3 Å². The van der Waals surface area contributed by atoms with Crippen LogP contribution in [0.3, 0.4) is 0 Å². The van der Waals surface area contributed by atoms with Crippen LogP contribution in [0.2, 0.25) is 5.02 Å². The van der Waals surface area contributed by atoms with Gasteiger partial charge in [0.05, 0.1) is 29.3 Å². The molecule has 0 saturated carbocycles. The van der Waals surface area contributed by atoms with Crippen molar-refractivity contribution in [3.8, 4) is 11.4 Å². The third-order valence-corrected chi connectivity index (χ3v) is 9.38. The van der Waals surface area contributed by atoms with Crippen LogP contribution in [0.1, 0.15) is 26.9 Å². The van der Waals surface area contributed by atoms with Gasteiger partial charge >= 0.3 is 0 Å². The summed E-state index contributed by atoms with van der Waals surface area (Å²) < 4.78 is 7.72. The molecule has 1 aliphatic rings. The average Bonchev–Trinajstić information content (AvgIpc) is 3.67. The number of nitrogens with zero attached hydrogens (tertiary/aromatic N) is 6. The summed E-state index contributed by atoms with van der Waals surface area (Å²) in [5.41, 5.74) is 3.52. The topological polar surface area (TPSA) is 76.4 Å². The van der Waals surface area contributed by atoms with E-state index < -0.39 is 0 Å². The molecule has 214 valence electrons. The van der Waals surface area contributed by atoms with Crippen molar-refractivity contribution in [1.82, 2.24) is 24.6 Å². The molecule has 5 aromatic rings. The molecule has 11 heteroatoms. The number of ether oxygens (including phenoxy) is 1. The molecule has 0 unspecified atom stereocenters. The van der Waals surface area contributed by atoms with Gasteiger partial charge in [-0.2, -0.15) is 0 Å². The molecule has 0 atom stereocenters. The highest BCUT2D eigenvalue weighted by molar-refractivity contribution is 7.98. The maximum Gasteiger partial charge on any atom is 0.273 e. The van der Waals surface area contributed by atoms with Crippen molar-refractivity contribution in [2.24, 2.45) is 0 Å². The van der Waals surface area contributed by atoms with Crippen molar-refractivity contribution in [3.63, 3.8) is 0 Å². The van der Waals surface area contributed by atoms with E-state index in [1.807, 2.05) is 77.0 Å². The van der Waals surface area contributed by atoms with Crippen molar-refractivity contribution in [2.45, 2.75) is 17.3 Å². The lowest BCUT2D eigenvalue weighted by atomic mass is 10.1. The van der Waals surface area contributed by atoms with E-state index in [1.165, 1.54) is 11.3 Å². The largest absolute Gasteiger partial charge is 0.495 e. The first-order valence-corrected chi connectivity index (χ1v) is 15.8. The lowest BCUT2D eigenvalue weighted by Crippen LogP contribution is -2.49. The Morgan fingerprint density at radius 1 is 0.929 bits per heavy atom. The smallest absolute Gasteiger partial charge is 0.273 e. The molecular weight excluding hydrogens is 588 g/mol. The molecule has 0 aliphatic carbocycles. The summed E-state index contributed by atoms with van der Waals surface area (Å²) >= 11 is 9.41. The van der Waals surface area contributed by atoms with Gasteiger partial charge in [0.25, 0.3) is 5.91 Å². The van der Waals surface area contributed by atoms with Gasteiger partial charge in [0, 0.05) is 38.0 Å². The number of hydrogen-bond donors (Lipinski definition) is 0. The van der Waals surface area contributed by atoms with Crippen molar-refractivity contribution < 1.29 is 9.53 Å². The van der Waals surface area contributed by atoms with Gasteiger partial charge in [-0.3, -0.25) is 9.36 Å². The summed E-state index contributed by atoms with van der Waals surface area (Å²) in [6, 6.07) is 25.9. The highest BCUT2D eigenvalue weighted by Crippen LogP contribution is 2.32. The monoisotopic (exact) mass is 616 g/mol. The summed E-state index contributed by atoms with van der Waals surface area (Å²) in [7, 11) is 1.66. The predicted molar refractivity (Wildman–Crippen MR) is 168 cm³/mol. The van der Waals surface area contributed by atoms with Crippen LogP contribution >= 0.6 is 34.7 Å². The second kappa shape index (κ2) is 13.0. The molecule has 1 aliphatic heterocycles. The second-order valence-electron chi connectivity index (χ2n) is 9.71. The van der Waals surface area contributed by atoms with Gasteiger partial charge in [0.2, 0.25) is 0 Å². The Balaban J connectivity index is 1.15. The van der Waals surface area contributed by atoms with E-state index in [1.54, 1.807) is 18.9 Å². The van der Waals surface area contributed by atoms with E-state index in [2.05, 4.69) is 31.8 Å². The van der Waals surface area contributed by atoms with Crippen LogP contribution in [-0.2, 0) is 12.2 Å². The molecule has 1 fully saturated rings. The summed E-state index contributed by atoms with van der Waals surface area (Å²) in [4.78, 5) is 22.0. The average molecular weight is 617 g/mol. The second-order valence-corrected chi connectivity index (χ2v) is 12.0. The zero-order valence-electron chi connectivity index (χ0n) is 23.0. The summed E-state index contributed by atoms with van der Waals surface area (Å²) in [6.07, 6.45) is 0.631. The number of hydrogen-bond acceptors (Lipinski definition) is 8. The number of piperazine rings is 1. The molecule has 0 N–H and O–H groups in total. The number of carbonyl (C=O) groups excluding carboxylic acids is 1. The van der Waals surface area contributed by atoms with Gasteiger partial charge in [-0.25, -0.2) is 4.98 Å². The van der Waals surface area contributed by atoms with Crippen LogP contribution in [0.15, 0.2) is 89.4 Å². The van der Waals surface area contributed by atoms with Crippen LogP contribution < -0.4 is 9.64 Å². The summed E-state index contributed by atoms with van der Waals surface area (Å²) in [6.45, 7) is 2.70. The number of rotatable bonds is 9. The first-order valence-electron chi connectivity index (χ1n) is 13.6. The highest BCUT2D eigenvalue weighted by atomic mass is 35.5. The number of benzene rings is 3. The van der Waals surface area contributed by atoms with Crippen molar-refractivity contribution >= 4 is 46.3 Å². The minimum Gasteiger partial charge on any atom is -0.495 e. The Kier molecular flexibility index (Phi) is 8.73. The predicted octanol–water partition coefficient (Wildman–Crippen LogP) is 6.23. The van der Waals surface area contributed by atoms with Crippen molar-refractivity contribution in [1.29, 1.82) is 0 Å². The van der Waals surface area contributed by atoms with E-state index >= 15 is 0 Å². The van der Waals surface area contributed by atoms with E-state index in [0.717, 1.165) is 56.8 Å². The van der Waals surface area contributed by atoms with E-state index in [0.29, 0.717) is 31.0 Å². The van der Waals surface area contributed by atoms with Crippen molar-refractivity contribution in [2.75, 3.05) is 38.2 Å².